The van der Waals surface area contributed by atoms with E-state index in [2.05, 4.69) is 0 Å². The van der Waals surface area contributed by atoms with Crippen molar-refractivity contribution >= 4 is 12.4 Å². The lowest BCUT2D eigenvalue weighted by Gasteiger charge is -2.26. The molecule has 0 radical (unpaired) electrons. The van der Waals surface area contributed by atoms with E-state index >= 15 is 0 Å². The number of fused-ring (bicyclic) bond motifs is 1. The lowest BCUT2D eigenvalue weighted by molar-refractivity contribution is -0.113. The van der Waals surface area contributed by atoms with E-state index in [4.69, 9.17) is 4.74 Å². The minimum Gasteiger partial charge on any atom is -0.444 e. The third-order valence-corrected chi connectivity index (χ3v) is 3.71. The van der Waals surface area contributed by atoms with Crippen LogP contribution in [0.4, 0.5) is 4.79 Å². The standard InChI is InChI=1S/C12H19NO3/c1-11(2,3)16-10(15)13-5-8-9(6-13)12(8,4)7-14/h7-9H,5-6H2,1-4H3/t8-,9?,12?/m1/s1. The minimum atomic E-state index is -0.447. The summed E-state index contributed by atoms with van der Waals surface area (Å²) in [5, 5.41) is 0. The maximum absolute atomic E-state index is 11.7. The predicted molar refractivity (Wildman–Crippen MR) is 59.0 cm³/mol. The number of carbonyl (C=O) groups is 2. The number of hydrogen-bond donors (Lipinski definition) is 0. The Morgan fingerprint density at radius 3 is 2.25 bits per heavy atom. The van der Waals surface area contributed by atoms with Gasteiger partial charge < -0.3 is 14.4 Å². The van der Waals surface area contributed by atoms with E-state index in [0.29, 0.717) is 24.9 Å². The maximum Gasteiger partial charge on any atom is 0.410 e. The van der Waals surface area contributed by atoms with Crippen molar-refractivity contribution in [3.8, 4) is 0 Å². The minimum absolute atomic E-state index is 0.182. The summed E-state index contributed by atoms with van der Waals surface area (Å²) in [7, 11) is 0. The fraction of sp³-hybridized carbons (Fsp3) is 0.833. The molecular formula is C12H19NO3. The van der Waals surface area contributed by atoms with Gasteiger partial charge in [0.2, 0.25) is 0 Å². The van der Waals surface area contributed by atoms with Gasteiger partial charge in [0.1, 0.15) is 11.9 Å². The number of hydrogen-bond acceptors (Lipinski definition) is 3. The van der Waals surface area contributed by atoms with Crippen molar-refractivity contribution in [1.29, 1.82) is 0 Å². The Hall–Kier alpha value is -1.06. The zero-order valence-electron chi connectivity index (χ0n) is 10.3. The molecule has 1 heterocycles. The van der Waals surface area contributed by atoms with Crippen molar-refractivity contribution in [2.24, 2.45) is 17.3 Å². The van der Waals surface area contributed by atoms with Crippen LogP contribution < -0.4 is 0 Å². The molecule has 0 aromatic heterocycles. The number of ether oxygens (including phenoxy) is 1. The summed E-state index contributed by atoms with van der Waals surface area (Å²) < 4.78 is 5.29. The van der Waals surface area contributed by atoms with Gasteiger partial charge in [-0.15, -0.1) is 0 Å². The second-order valence-electron chi connectivity index (χ2n) is 6.08. The highest BCUT2D eigenvalue weighted by Gasteiger charge is 2.66. The second kappa shape index (κ2) is 3.22. The molecule has 0 spiro atoms. The summed E-state index contributed by atoms with van der Waals surface area (Å²) >= 11 is 0. The lowest BCUT2D eigenvalue weighted by Crippen LogP contribution is -2.38. The van der Waals surface area contributed by atoms with E-state index in [9.17, 15) is 9.59 Å². The van der Waals surface area contributed by atoms with Crippen molar-refractivity contribution in [1.82, 2.24) is 4.90 Å². The van der Waals surface area contributed by atoms with Crippen molar-refractivity contribution in [3.05, 3.63) is 0 Å². The zero-order chi connectivity index (χ0) is 12.1. The number of nitrogens with zero attached hydrogens (tertiary/aromatic N) is 1. The average Bonchev–Trinajstić information content (AvgIpc) is 2.59. The Morgan fingerprint density at radius 1 is 1.38 bits per heavy atom. The number of aldehydes is 1. The molecule has 2 fully saturated rings. The molecule has 1 saturated heterocycles. The summed E-state index contributed by atoms with van der Waals surface area (Å²) in [6.45, 7) is 8.87. The second-order valence-corrected chi connectivity index (χ2v) is 6.08. The van der Waals surface area contributed by atoms with E-state index in [1.807, 2.05) is 27.7 Å². The Labute approximate surface area is 95.9 Å². The molecule has 90 valence electrons. The normalized spacial score (nSPS) is 36.9. The number of likely N-dealkylation sites (tertiary alicyclic amines) is 1. The van der Waals surface area contributed by atoms with Gasteiger partial charge in [0.25, 0.3) is 0 Å². The molecule has 0 N–H and O–H groups in total. The number of piperidine rings is 1. The van der Waals surface area contributed by atoms with Gasteiger partial charge in [-0.25, -0.2) is 4.79 Å². The number of rotatable bonds is 1. The topological polar surface area (TPSA) is 46.6 Å². The van der Waals surface area contributed by atoms with Crippen molar-refractivity contribution in [2.75, 3.05) is 13.1 Å². The van der Waals surface area contributed by atoms with Crippen LogP contribution in [0.3, 0.4) is 0 Å². The van der Waals surface area contributed by atoms with Gasteiger partial charge in [-0.1, -0.05) is 6.92 Å². The SMILES string of the molecule is CC(C)(C)OC(=O)N1CC2[C@@H](C1)C2(C)C=O. The first-order valence-electron chi connectivity index (χ1n) is 5.72. The van der Waals surface area contributed by atoms with Crippen LogP contribution >= 0.6 is 0 Å². The number of carbonyl (C=O) groups excluding carboxylic acids is 2. The third kappa shape index (κ3) is 1.70. The Bertz CT molecular complexity index is 320. The molecule has 0 aromatic rings. The first-order valence-corrected chi connectivity index (χ1v) is 5.72. The molecule has 0 bridgehead atoms. The van der Waals surface area contributed by atoms with Crippen LogP contribution in [0.1, 0.15) is 27.7 Å². The molecular weight excluding hydrogens is 206 g/mol. The van der Waals surface area contributed by atoms with Gasteiger partial charge in [0.05, 0.1) is 0 Å². The maximum atomic E-state index is 11.7. The smallest absolute Gasteiger partial charge is 0.410 e. The molecule has 1 saturated carbocycles. The van der Waals surface area contributed by atoms with Crippen LogP contribution in [-0.4, -0.2) is 36.0 Å². The first-order chi connectivity index (χ1) is 7.28. The van der Waals surface area contributed by atoms with Crippen molar-refractivity contribution < 1.29 is 14.3 Å². The molecule has 0 aromatic carbocycles. The molecule has 4 nitrogen and oxygen atoms in total. The van der Waals surface area contributed by atoms with Crippen LogP contribution in [-0.2, 0) is 9.53 Å². The highest BCUT2D eigenvalue weighted by Crippen LogP contribution is 2.60. The molecule has 2 aliphatic rings. The molecule has 16 heavy (non-hydrogen) atoms. The average molecular weight is 225 g/mol. The fourth-order valence-corrected chi connectivity index (χ4v) is 2.57. The molecule has 3 atom stereocenters. The Kier molecular flexibility index (Phi) is 2.30. The quantitative estimate of drug-likeness (QED) is 0.638. The number of amides is 1. The van der Waals surface area contributed by atoms with E-state index in [0.717, 1.165) is 6.29 Å². The zero-order valence-corrected chi connectivity index (χ0v) is 10.3. The van der Waals surface area contributed by atoms with Crippen LogP contribution in [0.15, 0.2) is 0 Å². The van der Waals surface area contributed by atoms with Gasteiger partial charge in [-0.2, -0.15) is 0 Å². The van der Waals surface area contributed by atoms with E-state index in [1.165, 1.54) is 0 Å². The largest absolute Gasteiger partial charge is 0.444 e. The molecule has 2 rings (SSSR count). The van der Waals surface area contributed by atoms with Crippen molar-refractivity contribution in [2.45, 2.75) is 33.3 Å². The Balaban J connectivity index is 1.89. The van der Waals surface area contributed by atoms with Crippen LogP contribution in [0.25, 0.3) is 0 Å². The van der Waals surface area contributed by atoms with Gasteiger partial charge in [-0.3, -0.25) is 0 Å². The van der Waals surface area contributed by atoms with E-state index in [1.54, 1.807) is 4.90 Å². The lowest BCUT2D eigenvalue weighted by atomic mass is 10.1. The summed E-state index contributed by atoms with van der Waals surface area (Å²) in [5.74, 6) is 0.690. The summed E-state index contributed by atoms with van der Waals surface area (Å²) in [6, 6.07) is 0. The summed E-state index contributed by atoms with van der Waals surface area (Å²) in [5.41, 5.74) is -0.629. The molecule has 1 amide bonds. The van der Waals surface area contributed by atoms with Crippen molar-refractivity contribution in [3.63, 3.8) is 0 Å². The molecule has 1 aliphatic heterocycles. The Morgan fingerprint density at radius 2 is 1.88 bits per heavy atom. The fourth-order valence-electron chi connectivity index (χ4n) is 2.57. The molecule has 1 aliphatic carbocycles. The van der Waals surface area contributed by atoms with E-state index in [-0.39, 0.29) is 11.5 Å². The van der Waals surface area contributed by atoms with Crippen LogP contribution in [0.5, 0.6) is 0 Å². The van der Waals surface area contributed by atoms with Crippen LogP contribution in [0.2, 0.25) is 0 Å². The third-order valence-electron chi connectivity index (χ3n) is 3.71. The van der Waals surface area contributed by atoms with Gasteiger partial charge in [0, 0.05) is 18.5 Å². The highest BCUT2D eigenvalue weighted by atomic mass is 16.6. The van der Waals surface area contributed by atoms with E-state index < -0.39 is 5.60 Å². The predicted octanol–water partition coefficient (Wildman–Crippen LogP) is 1.69. The first kappa shape index (κ1) is 11.4. The molecule has 2 unspecified atom stereocenters. The van der Waals surface area contributed by atoms with Gasteiger partial charge in [-0.05, 0) is 32.6 Å². The summed E-state index contributed by atoms with van der Waals surface area (Å²) in [4.78, 5) is 24.3. The van der Waals surface area contributed by atoms with Gasteiger partial charge in [0.15, 0.2) is 0 Å². The highest BCUT2D eigenvalue weighted by molar-refractivity contribution is 5.72. The monoisotopic (exact) mass is 225 g/mol. The molecule has 4 heteroatoms. The van der Waals surface area contributed by atoms with Gasteiger partial charge >= 0.3 is 6.09 Å². The van der Waals surface area contributed by atoms with Crippen LogP contribution in [0, 0.1) is 17.3 Å². The summed E-state index contributed by atoms with van der Waals surface area (Å²) in [6.07, 6.45) is 0.780.